The maximum atomic E-state index is 11.9. The van der Waals surface area contributed by atoms with Gasteiger partial charge in [-0.2, -0.15) is 12.6 Å². The molecule has 10 heavy (non-hydrogen) atoms. The molecule has 0 spiro atoms. The number of thiol groups is 1. The van der Waals surface area contributed by atoms with Crippen LogP contribution in [0.2, 0.25) is 0 Å². The van der Waals surface area contributed by atoms with Gasteiger partial charge >= 0.3 is 12.3 Å². The van der Waals surface area contributed by atoms with Crippen LogP contribution in [0.15, 0.2) is 0 Å². The van der Waals surface area contributed by atoms with Crippen molar-refractivity contribution in [1.82, 2.24) is 0 Å². The van der Waals surface area contributed by atoms with Crippen LogP contribution in [0.5, 0.6) is 0 Å². The fraction of sp³-hybridized carbons (Fsp3) is 1.00. The average Bonchev–Trinajstić information content (AvgIpc) is 1.84. The van der Waals surface area contributed by atoms with Crippen LogP contribution in [0.1, 0.15) is 12.8 Å². The summed E-state index contributed by atoms with van der Waals surface area (Å²) in [5.74, 6) is -3.62. The van der Waals surface area contributed by atoms with E-state index in [-0.39, 0.29) is 12.2 Å². The van der Waals surface area contributed by atoms with Gasteiger partial charge in [-0.05, 0) is 12.2 Å². The smallest absolute Gasteiger partial charge is 0.204 e. The van der Waals surface area contributed by atoms with Crippen LogP contribution < -0.4 is 0 Å². The second-order valence-corrected chi connectivity index (χ2v) is 2.34. The van der Waals surface area contributed by atoms with E-state index in [0.29, 0.717) is 0 Å². The first-order valence-corrected chi connectivity index (χ1v) is 3.41. The summed E-state index contributed by atoms with van der Waals surface area (Å²) in [4.78, 5) is 0. The lowest BCUT2D eigenvalue weighted by molar-refractivity contribution is -0.132. The van der Waals surface area contributed by atoms with Crippen LogP contribution in [0.3, 0.4) is 0 Å². The molecule has 0 saturated carbocycles. The summed E-state index contributed by atoms with van der Waals surface area (Å²) in [7, 11) is 0. The molecule has 0 fully saturated rings. The minimum Gasteiger partial charge on any atom is -0.204 e. The van der Waals surface area contributed by atoms with E-state index < -0.39 is 18.8 Å². The van der Waals surface area contributed by atoms with Crippen molar-refractivity contribution in [3.05, 3.63) is 0 Å². The molecule has 0 amide bonds. The van der Waals surface area contributed by atoms with Crippen LogP contribution in [0, 0.1) is 0 Å². The van der Waals surface area contributed by atoms with E-state index in [4.69, 9.17) is 0 Å². The SMILES string of the molecule is FC(F)C(F)(F)CCCS. The Hall–Kier alpha value is 0.0700. The Morgan fingerprint density at radius 2 is 1.80 bits per heavy atom. The molecule has 0 aliphatic rings. The molecular formula is C5H8F4S. The molecule has 0 aliphatic heterocycles. The number of hydrogen-bond donors (Lipinski definition) is 1. The summed E-state index contributed by atoms with van der Waals surface area (Å²) in [6, 6.07) is 0. The molecule has 0 aromatic heterocycles. The van der Waals surface area contributed by atoms with Gasteiger partial charge in [0.1, 0.15) is 0 Å². The highest BCUT2D eigenvalue weighted by atomic mass is 32.1. The molecule has 0 heterocycles. The zero-order chi connectivity index (χ0) is 8.20. The third kappa shape index (κ3) is 3.29. The largest absolute Gasteiger partial charge is 0.307 e. The molecule has 62 valence electrons. The van der Waals surface area contributed by atoms with Crippen molar-refractivity contribution in [3.63, 3.8) is 0 Å². The van der Waals surface area contributed by atoms with E-state index >= 15 is 0 Å². The highest BCUT2D eigenvalue weighted by Gasteiger charge is 2.39. The van der Waals surface area contributed by atoms with Gasteiger partial charge in [-0.1, -0.05) is 0 Å². The predicted octanol–water partition coefficient (Wildman–Crippen LogP) is 2.60. The second-order valence-electron chi connectivity index (χ2n) is 1.89. The second kappa shape index (κ2) is 4.05. The number of alkyl halides is 4. The molecule has 0 radical (unpaired) electrons. The molecule has 0 aromatic rings. The standard InChI is InChI=1S/C5H8F4S/c6-4(7)5(8,9)2-1-3-10/h4,10H,1-3H2. The minimum atomic E-state index is -3.83. The summed E-state index contributed by atoms with van der Waals surface area (Å²) in [5.41, 5.74) is 0. The molecule has 0 nitrogen and oxygen atoms in total. The summed E-state index contributed by atoms with van der Waals surface area (Å²) < 4.78 is 46.6. The van der Waals surface area contributed by atoms with Gasteiger partial charge in [-0.25, -0.2) is 17.6 Å². The quantitative estimate of drug-likeness (QED) is 0.494. The average molecular weight is 176 g/mol. The van der Waals surface area contributed by atoms with E-state index in [1.807, 2.05) is 0 Å². The van der Waals surface area contributed by atoms with Crippen molar-refractivity contribution < 1.29 is 17.6 Å². The Bertz CT molecular complexity index is 93.6. The Morgan fingerprint density at radius 1 is 1.30 bits per heavy atom. The van der Waals surface area contributed by atoms with Crippen molar-refractivity contribution >= 4 is 12.6 Å². The summed E-state index contributed by atoms with van der Waals surface area (Å²) in [5, 5.41) is 0. The maximum Gasteiger partial charge on any atom is 0.307 e. The van der Waals surface area contributed by atoms with E-state index in [0.717, 1.165) is 0 Å². The first-order valence-electron chi connectivity index (χ1n) is 2.77. The Kier molecular flexibility index (Phi) is 4.08. The van der Waals surface area contributed by atoms with E-state index in [1.54, 1.807) is 0 Å². The van der Waals surface area contributed by atoms with Crippen molar-refractivity contribution in [3.8, 4) is 0 Å². The van der Waals surface area contributed by atoms with E-state index in [1.165, 1.54) is 0 Å². The molecule has 5 heteroatoms. The molecule has 0 bridgehead atoms. The summed E-state index contributed by atoms with van der Waals surface area (Å²) in [6.07, 6.45) is -4.32. The van der Waals surface area contributed by atoms with Gasteiger partial charge < -0.3 is 0 Å². The molecule has 0 atom stereocenters. The molecular weight excluding hydrogens is 168 g/mol. The monoisotopic (exact) mass is 176 g/mol. The molecule has 0 aromatic carbocycles. The van der Waals surface area contributed by atoms with Gasteiger partial charge in [0.25, 0.3) is 0 Å². The van der Waals surface area contributed by atoms with Gasteiger partial charge in [-0.3, -0.25) is 0 Å². The maximum absolute atomic E-state index is 11.9. The molecule has 0 aliphatic carbocycles. The van der Waals surface area contributed by atoms with Crippen molar-refractivity contribution in [2.75, 3.05) is 5.75 Å². The third-order valence-electron chi connectivity index (χ3n) is 0.987. The highest BCUT2D eigenvalue weighted by molar-refractivity contribution is 7.80. The fourth-order valence-electron chi connectivity index (χ4n) is 0.424. The van der Waals surface area contributed by atoms with E-state index in [9.17, 15) is 17.6 Å². The van der Waals surface area contributed by atoms with Crippen LogP contribution in [-0.4, -0.2) is 18.1 Å². The lowest BCUT2D eigenvalue weighted by atomic mass is 10.2. The van der Waals surface area contributed by atoms with Gasteiger partial charge in [0, 0.05) is 6.42 Å². The van der Waals surface area contributed by atoms with Crippen LogP contribution in [0.25, 0.3) is 0 Å². The predicted molar refractivity (Wildman–Crippen MR) is 34.0 cm³/mol. The summed E-state index contributed by atoms with van der Waals surface area (Å²) >= 11 is 3.62. The van der Waals surface area contributed by atoms with Crippen LogP contribution in [-0.2, 0) is 0 Å². The van der Waals surface area contributed by atoms with Gasteiger partial charge in [0.2, 0.25) is 0 Å². The zero-order valence-corrected chi connectivity index (χ0v) is 6.05. The normalized spacial score (nSPS) is 12.6. The Morgan fingerprint density at radius 3 is 2.10 bits per heavy atom. The van der Waals surface area contributed by atoms with Crippen LogP contribution in [0.4, 0.5) is 17.6 Å². The minimum absolute atomic E-state index is 0.0143. The topological polar surface area (TPSA) is 0 Å². The molecule has 0 unspecified atom stereocenters. The Labute approximate surface area is 62.0 Å². The lowest BCUT2D eigenvalue weighted by Gasteiger charge is -2.13. The van der Waals surface area contributed by atoms with Crippen molar-refractivity contribution in [2.45, 2.75) is 25.2 Å². The first kappa shape index (κ1) is 10.1. The number of rotatable bonds is 4. The van der Waals surface area contributed by atoms with Gasteiger partial charge in [-0.15, -0.1) is 0 Å². The first-order chi connectivity index (χ1) is 4.50. The van der Waals surface area contributed by atoms with Crippen LogP contribution >= 0.6 is 12.6 Å². The third-order valence-corrected chi connectivity index (χ3v) is 1.30. The van der Waals surface area contributed by atoms with Gasteiger partial charge in [0.15, 0.2) is 0 Å². The summed E-state index contributed by atoms with van der Waals surface area (Å²) in [6.45, 7) is 0. The highest BCUT2D eigenvalue weighted by Crippen LogP contribution is 2.27. The Balaban J connectivity index is 3.63. The van der Waals surface area contributed by atoms with Crippen molar-refractivity contribution in [2.24, 2.45) is 0 Å². The zero-order valence-electron chi connectivity index (χ0n) is 5.16. The number of hydrogen-bond acceptors (Lipinski definition) is 1. The van der Waals surface area contributed by atoms with E-state index in [2.05, 4.69) is 12.6 Å². The molecule has 0 N–H and O–H groups in total. The molecule has 0 rings (SSSR count). The number of halogens is 4. The fourth-order valence-corrected chi connectivity index (χ4v) is 0.582. The lowest BCUT2D eigenvalue weighted by Crippen LogP contribution is -2.26. The van der Waals surface area contributed by atoms with Crippen molar-refractivity contribution in [1.29, 1.82) is 0 Å². The molecule has 0 saturated heterocycles. The van der Waals surface area contributed by atoms with Gasteiger partial charge in [0.05, 0.1) is 0 Å².